The van der Waals surface area contributed by atoms with Crippen LogP contribution in [0, 0.1) is 0 Å². The minimum absolute atomic E-state index is 0.0278. The maximum atomic E-state index is 13.3. The lowest BCUT2D eigenvalue weighted by Gasteiger charge is -2.31. The first-order valence-corrected chi connectivity index (χ1v) is 12.1. The lowest BCUT2D eigenvalue weighted by Crippen LogP contribution is -2.50. The van der Waals surface area contributed by atoms with Crippen LogP contribution in [0.1, 0.15) is 12.5 Å². The highest BCUT2D eigenvalue weighted by Gasteiger charge is 2.30. The second-order valence-electron chi connectivity index (χ2n) is 7.03. The minimum Gasteiger partial charge on any atom is -0.497 e. The van der Waals surface area contributed by atoms with Crippen molar-refractivity contribution in [2.24, 2.45) is 0 Å². The Labute approximate surface area is 198 Å². The van der Waals surface area contributed by atoms with Crippen LogP contribution >= 0.6 is 23.2 Å². The highest BCUT2D eigenvalue weighted by molar-refractivity contribution is 7.92. The van der Waals surface area contributed by atoms with E-state index in [1.54, 1.807) is 43.3 Å². The maximum absolute atomic E-state index is 13.3. The van der Waals surface area contributed by atoms with E-state index in [4.69, 9.17) is 27.9 Å². The summed E-state index contributed by atoms with van der Waals surface area (Å²) in [6.45, 7) is 1.08. The van der Waals surface area contributed by atoms with E-state index in [0.717, 1.165) is 10.6 Å². The van der Waals surface area contributed by atoms with Crippen LogP contribution in [0.4, 0.5) is 5.69 Å². The van der Waals surface area contributed by atoms with Crippen molar-refractivity contribution in [1.82, 2.24) is 10.2 Å². The quantitative estimate of drug-likeness (QED) is 0.569. The summed E-state index contributed by atoms with van der Waals surface area (Å²) in [5.41, 5.74) is 0.901. The fraction of sp³-hybridized carbons (Fsp3) is 0.333. The van der Waals surface area contributed by atoms with E-state index >= 15 is 0 Å². The zero-order valence-corrected chi connectivity index (χ0v) is 20.5. The monoisotopic (exact) mass is 501 g/mol. The topological polar surface area (TPSA) is 96.0 Å². The molecule has 0 aliphatic heterocycles. The van der Waals surface area contributed by atoms with Crippen molar-refractivity contribution in [3.8, 4) is 5.75 Å². The Morgan fingerprint density at radius 2 is 1.81 bits per heavy atom. The van der Waals surface area contributed by atoms with Gasteiger partial charge in [-0.3, -0.25) is 13.9 Å². The van der Waals surface area contributed by atoms with E-state index < -0.39 is 34.4 Å². The van der Waals surface area contributed by atoms with Gasteiger partial charge in [0.05, 0.1) is 29.1 Å². The molecule has 2 aromatic carbocycles. The molecule has 32 heavy (non-hydrogen) atoms. The van der Waals surface area contributed by atoms with Crippen LogP contribution in [0.2, 0.25) is 10.0 Å². The number of ether oxygens (including phenoxy) is 1. The lowest BCUT2D eigenvalue weighted by atomic mass is 10.1. The SMILES string of the molecule is CNC(=O)C(C)N(Cc1ccc(Cl)c(Cl)c1)C(=O)CN(c1cccc(OC)c1)S(C)(=O)=O. The molecular formula is C21H25Cl2N3O5S. The van der Waals surface area contributed by atoms with E-state index in [1.807, 2.05) is 0 Å². The standard InChI is InChI=1S/C21H25Cl2N3O5S/c1-14(21(28)24-2)25(12-15-8-9-18(22)19(23)10-15)20(27)13-26(32(4,29)30)16-6-5-7-17(11-16)31-3/h5-11,14H,12-13H2,1-4H3,(H,24,28). The fourth-order valence-electron chi connectivity index (χ4n) is 3.01. The average Bonchev–Trinajstić information content (AvgIpc) is 2.76. The summed E-state index contributed by atoms with van der Waals surface area (Å²) >= 11 is 12.1. The molecule has 1 unspecified atom stereocenters. The number of halogens is 2. The van der Waals surface area contributed by atoms with Crippen molar-refractivity contribution in [2.75, 3.05) is 31.3 Å². The van der Waals surface area contributed by atoms with Gasteiger partial charge in [0.25, 0.3) is 0 Å². The highest BCUT2D eigenvalue weighted by atomic mass is 35.5. The van der Waals surface area contributed by atoms with Crippen molar-refractivity contribution in [3.63, 3.8) is 0 Å². The number of rotatable bonds is 9. The van der Waals surface area contributed by atoms with Gasteiger partial charge in [-0.25, -0.2) is 8.42 Å². The molecule has 0 saturated heterocycles. The van der Waals surface area contributed by atoms with Gasteiger partial charge in [0.15, 0.2) is 0 Å². The Balaban J connectivity index is 2.41. The summed E-state index contributed by atoms with van der Waals surface area (Å²) in [6.07, 6.45) is 1.01. The predicted octanol–water partition coefficient (Wildman–Crippen LogP) is 2.93. The minimum atomic E-state index is -3.82. The molecular weight excluding hydrogens is 477 g/mol. The maximum Gasteiger partial charge on any atom is 0.244 e. The summed E-state index contributed by atoms with van der Waals surface area (Å²) in [4.78, 5) is 26.9. The molecule has 1 atom stereocenters. The van der Waals surface area contributed by atoms with Gasteiger partial charge in [-0.2, -0.15) is 0 Å². The Bertz CT molecular complexity index is 1090. The van der Waals surface area contributed by atoms with Gasteiger partial charge in [-0.1, -0.05) is 35.3 Å². The Morgan fingerprint density at radius 3 is 2.38 bits per heavy atom. The van der Waals surface area contributed by atoms with Crippen molar-refractivity contribution in [3.05, 3.63) is 58.1 Å². The molecule has 174 valence electrons. The van der Waals surface area contributed by atoms with Gasteiger partial charge >= 0.3 is 0 Å². The Kier molecular flexibility index (Phi) is 8.77. The van der Waals surface area contributed by atoms with E-state index in [2.05, 4.69) is 5.32 Å². The molecule has 0 aliphatic rings. The number of nitrogens with one attached hydrogen (secondary N) is 1. The number of sulfonamides is 1. The van der Waals surface area contributed by atoms with E-state index in [1.165, 1.54) is 25.1 Å². The normalized spacial score (nSPS) is 12.1. The number of carbonyl (C=O) groups excluding carboxylic acids is 2. The first kappa shape index (κ1) is 25.8. The number of likely N-dealkylation sites (N-methyl/N-ethyl adjacent to an activating group) is 1. The Morgan fingerprint density at radius 1 is 1.12 bits per heavy atom. The molecule has 2 aromatic rings. The molecule has 2 amide bonds. The van der Waals surface area contributed by atoms with Gasteiger partial charge in [-0.15, -0.1) is 0 Å². The summed E-state index contributed by atoms with van der Waals surface area (Å²) in [5, 5.41) is 3.17. The van der Waals surface area contributed by atoms with Crippen molar-refractivity contribution < 1.29 is 22.7 Å². The van der Waals surface area contributed by atoms with Crippen LogP contribution in [-0.2, 0) is 26.2 Å². The van der Waals surface area contributed by atoms with Crippen LogP contribution in [0.25, 0.3) is 0 Å². The molecule has 11 heteroatoms. The van der Waals surface area contributed by atoms with E-state index in [-0.39, 0.29) is 12.2 Å². The fourth-order valence-corrected chi connectivity index (χ4v) is 4.17. The van der Waals surface area contributed by atoms with Gasteiger partial charge < -0.3 is 15.0 Å². The first-order valence-electron chi connectivity index (χ1n) is 9.54. The summed E-state index contributed by atoms with van der Waals surface area (Å²) in [6, 6.07) is 10.4. The number of nitrogens with zero attached hydrogens (tertiary/aromatic N) is 2. The number of benzene rings is 2. The van der Waals surface area contributed by atoms with E-state index in [0.29, 0.717) is 21.4 Å². The summed E-state index contributed by atoms with van der Waals surface area (Å²) in [7, 11) is -0.902. The largest absolute Gasteiger partial charge is 0.497 e. The second kappa shape index (κ2) is 10.9. The van der Waals surface area contributed by atoms with Crippen LogP contribution < -0.4 is 14.4 Å². The van der Waals surface area contributed by atoms with Crippen LogP contribution in [0.5, 0.6) is 5.75 Å². The Hall–Kier alpha value is -2.49. The lowest BCUT2D eigenvalue weighted by molar-refractivity contribution is -0.139. The molecule has 0 bridgehead atoms. The predicted molar refractivity (Wildman–Crippen MR) is 126 cm³/mol. The van der Waals surface area contributed by atoms with Gasteiger partial charge in [0.1, 0.15) is 18.3 Å². The van der Waals surface area contributed by atoms with E-state index in [9.17, 15) is 18.0 Å². The molecule has 0 spiro atoms. The number of amides is 2. The van der Waals surface area contributed by atoms with Crippen LogP contribution in [-0.4, -0.2) is 58.1 Å². The molecule has 0 aromatic heterocycles. The molecule has 2 rings (SSSR count). The molecule has 0 aliphatic carbocycles. The second-order valence-corrected chi connectivity index (χ2v) is 9.75. The highest BCUT2D eigenvalue weighted by Crippen LogP contribution is 2.25. The van der Waals surface area contributed by atoms with Crippen LogP contribution in [0.15, 0.2) is 42.5 Å². The third kappa shape index (κ3) is 6.51. The zero-order chi connectivity index (χ0) is 24.1. The molecule has 0 radical (unpaired) electrons. The third-order valence-electron chi connectivity index (χ3n) is 4.77. The van der Waals surface area contributed by atoms with Gasteiger partial charge in [0, 0.05) is 19.7 Å². The smallest absolute Gasteiger partial charge is 0.244 e. The third-order valence-corrected chi connectivity index (χ3v) is 6.65. The number of carbonyl (C=O) groups is 2. The molecule has 0 heterocycles. The number of hydrogen-bond acceptors (Lipinski definition) is 5. The average molecular weight is 502 g/mol. The number of hydrogen-bond donors (Lipinski definition) is 1. The number of anilines is 1. The van der Waals surface area contributed by atoms with Gasteiger partial charge in [0.2, 0.25) is 21.8 Å². The molecule has 0 fully saturated rings. The van der Waals surface area contributed by atoms with Crippen molar-refractivity contribution in [1.29, 1.82) is 0 Å². The summed E-state index contributed by atoms with van der Waals surface area (Å²) in [5.74, 6) is -0.527. The summed E-state index contributed by atoms with van der Waals surface area (Å²) < 4.78 is 31.1. The van der Waals surface area contributed by atoms with Gasteiger partial charge in [-0.05, 0) is 36.8 Å². The zero-order valence-electron chi connectivity index (χ0n) is 18.1. The molecule has 8 nitrogen and oxygen atoms in total. The molecule has 1 N–H and O–H groups in total. The van der Waals surface area contributed by atoms with Crippen LogP contribution in [0.3, 0.4) is 0 Å². The van der Waals surface area contributed by atoms with Crippen molar-refractivity contribution in [2.45, 2.75) is 19.5 Å². The first-order chi connectivity index (χ1) is 15.0. The molecule has 0 saturated carbocycles. The van der Waals surface area contributed by atoms with Crippen molar-refractivity contribution >= 4 is 50.7 Å². The number of methoxy groups -OCH3 is 1.